The lowest BCUT2D eigenvalue weighted by atomic mass is 10.1. The minimum absolute atomic E-state index is 0.00119. The predicted molar refractivity (Wildman–Crippen MR) is 84.6 cm³/mol. The van der Waals surface area contributed by atoms with Crippen LogP contribution in [0.4, 0.5) is 5.82 Å². The fourth-order valence-electron chi connectivity index (χ4n) is 2.54. The van der Waals surface area contributed by atoms with E-state index in [9.17, 15) is 19.2 Å². The molecule has 142 valence electrons. The Morgan fingerprint density at radius 1 is 1.15 bits per heavy atom. The van der Waals surface area contributed by atoms with Gasteiger partial charge in [-0.2, -0.15) is 4.98 Å². The van der Waals surface area contributed by atoms with Crippen molar-refractivity contribution in [1.82, 2.24) is 9.55 Å². The van der Waals surface area contributed by atoms with E-state index < -0.39 is 48.1 Å². The molecule has 0 aromatic carbocycles. The zero-order chi connectivity index (χ0) is 19.4. The summed E-state index contributed by atoms with van der Waals surface area (Å²) in [6.07, 6.45) is -3.04. The SMILES string of the molecule is CC(=O)OC[C@H]1O[C@@H](n2ccc(N)nc2=O)[C@@H](OC(C)=O)[C@@H]1OC(C)=O. The van der Waals surface area contributed by atoms with Gasteiger partial charge in [0.1, 0.15) is 18.5 Å². The minimum Gasteiger partial charge on any atom is -0.463 e. The molecule has 1 fully saturated rings. The lowest BCUT2D eigenvalue weighted by molar-refractivity contribution is -0.166. The fourth-order valence-corrected chi connectivity index (χ4v) is 2.54. The van der Waals surface area contributed by atoms with Gasteiger partial charge in [0.25, 0.3) is 0 Å². The van der Waals surface area contributed by atoms with Crippen molar-refractivity contribution in [2.45, 2.75) is 45.3 Å². The molecule has 0 spiro atoms. The number of rotatable bonds is 5. The van der Waals surface area contributed by atoms with E-state index in [1.54, 1.807) is 0 Å². The standard InChI is InChI=1S/C15H19N3O8/c1-7(19)23-6-10-12(24-8(2)20)13(25-9(3)21)14(26-10)18-5-4-11(16)17-15(18)22/h4-5,10,12-14H,6H2,1-3H3,(H2,16,17,22)/t10-,12-,13+,14-/m1/s1. The van der Waals surface area contributed by atoms with Crippen LogP contribution in [-0.2, 0) is 33.3 Å². The van der Waals surface area contributed by atoms with Crippen molar-refractivity contribution >= 4 is 23.7 Å². The van der Waals surface area contributed by atoms with Gasteiger partial charge in [-0.25, -0.2) is 4.79 Å². The number of anilines is 1. The molecule has 2 heterocycles. The number of hydrogen-bond donors (Lipinski definition) is 1. The number of nitrogens with zero attached hydrogens (tertiary/aromatic N) is 2. The van der Waals surface area contributed by atoms with Gasteiger partial charge in [-0.05, 0) is 6.07 Å². The van der Waals surface area contributed by atoms with Crippen LogP contribution in [-0.4, -0.2) is 52.4 Å². The molecule has 1 saturated heterocycles. The molecule has 11 heteroatoms. The molecular weight excluding hydrogens is 350 g/mol. The molecule has 0 amide bonds. The maximum Gasteiger partial charge on any atom is 0.351 e. The van der Waals surface area contributed by atoms with E-state index in [-0.39, 0.29) is 12.4 Å². The Balaban J connectivity index is 2.40. The van der Waals surface area contributed by atoms with Gasteiger partial charge in [0.05, 0.1) is 0 Å². The molecule has 1 aliphatic heterocycles. The number of nitrogen functional groups attached to an aromatic ring is 1. The normalized spacial score (nSPS) is 24.7. The zero-order valence-electron chi connectivity index (χ0n) is 14.4. The Bertz CT molecular complexity index is 762. The van der Waals surface area contributed by atoms with Crippen molar-refractivity contribution in [3.05, 3.63) is 22.7 Å². The maximum atomic E-state index is 12.1. The number of ether oxygens (including phenoxy) is 4. The Morgan fingerprint density at radius 3 is 2.31 bits per heavy atom. The van der Waals surface area contributed by atoms with Crippen LogP contribution in [0.15, 0.2) is 17.1 Å². The minimum atomic E-state index is -1.15. The number of carbonyl (C=O) groups is 3. The highest BCUT2D eigenvalue weighted by molar-refractivity contribution is 5.68. The summed E-state index contributed by atoms with van der Waals surface area (Å²) < 4.78 is 22.1. The second kappa shape index (κ2) is 7.95. The molecule has 11 nitrogen and oxygen atoms in total. The molecular formula is C15H19N3O8. The second-order valence-corrected chi connectivity index (χ2v) is 5.56. The van der Waals surface area contributed by atoms with Crippen molar-refractivity contribution in [2.75, 3.05) is 12.3 Å². The maximum absolute atomic E-state index is 12.1. The van der Waals surface area contributed by atoms with Crippen LogP contribution < -0.4 is 11.4 Å². The van der Waals surface area contributed by atoms with E-state index in [4.69, 9.17) is 24.7 Å². The van der Waals surface area contributed by atoms with Crippen LogP contribution in [0.5, 0.6) is 0 Å². The van der Waals surface area contributed by atoms with E-state index in [0.29, 0.717) is 0 Å². The molecule has 26 heavy (non-hydrogen) atoms. The Labute approximate surface area is 148 Å². The summed E-state index contributed by atoms with van der Waals surface area (Å²) in [5.74, 6) is -1.91. The zero-order valence-corrected chi connectivity index (χ0v) is 14.4. The van der Waals surface area contributed by atoms with Crippen molar-refractivity contribution in [3.8, 4) is 0 Å². The van der Waals surface area contributed by atoms with Crippen LogP contribution in [0.3, 0.4) is 0 Å². The number of esters is 3. The molecule has 4 atom stereocenters. The topological polar surface area (TPSA) is 149 Å². The van der Waals surface area contributed by atoms with E-state index in [2.05, 4.69) is 4.98 Å². The third kappa shape index (κ3) is 4.57. The number of aromatic nitrogens is 2. The molecule has 0 bridgehead atoms. The molecule has 1 aromatic heterocycles. The van der Waals surface area contributed by atoms with Crippen LogP contribution in [0, 0.1) is 0 Å². The highest BCUT2D eigenvalue weighted by atomic mass is 16.7. The van der Waals surface area contributed by atoms with E-state index in [1.165, 1.54) is 19.2 Å². The molecule has 1 aliphatic rings. The highest BCUT2D eigenvalue weighted by Gasteiger charge is 2.50. The van der Waals surface area contributed by atoms with Gasteiger partial charge in [0, 0.05) is 27.0 Å². The first-order chi connectivity index (χ1) is 12.2. The third-order valence-electron chi connectivity index (χ3n) is 3.47. The summed E-state index contributed by atoms with van der Waals surface area (Å²) in [6.45, 7) is 3.26. The largest absolute Gasteiger partial charge is 0.463 e. The molecule has 2 rings (SSSR count). The third-order valence-corrected chi connectivity index (χ3v) is 3.47. The average Bonchev–Trinajstić information content (AvgIpc) is 2.82. The number of carbonyl (C=O) groups excluding carboxylic acids is 3. The summed E-state index contributed by atoms with van der Waals surface area (Å²) in [5.41, 5.74) is 4.72. The highest BCUT2D eigenvalue weighted by Crippen LogP contribution is 2.33. The summed E-state index contributed by atoms with van der Waals surface area (Å²) in [7, 11) is 0. The Morgan fingerprint density at radius 2 is 1.77 bits per heavy atom. The van der Waals surface area contributed by atoms with Crippen molar-refractivity contribution < 1.29 is 33.3 Å². The monoisotopic (exact) mass is 369 g/mol. The smallest absolute Gasteiger partial charge is 0.351 e. The van der Waals surface area contributed by atoms with E-state index >= 15 is 0 Å². The molecule has 1 aromatic rings. The predicted octanol–water partition coefficient (Wildman–Crippen LogP) is -0.851. The van der Waals surface area contributed by atoms with Gasteiger partial charge >= 0.3 is 23.6 Å². The van der Waals surface area contributed by atoms with Crippen LogP contribution in [0.25, 0.3) is 0 Å². The summed E-state index contributed by atoms with van der Waals surface area (Å²) in [6, 6.07) is 1.36. The van der Waals surface area contributed by atoms with Gasteiger partial charge in [-0.15, -0.1) is 0 Å². The Hall–Kier alpha value is -2.95. The lowest BCUT2D eigenvalue weighted by Crippen LogP contribution is -2.41. The molecule has 0 unspecified atom stereocenters. The van der Waals surface area contributed by atoms with Crippen LogP contribution in [0.1, 0.15) is 27.0 Å². The number of hydrogen-bond acceptors (Lipinski definition) is 10. The number of nitrogens with two attached hydrogens (primary N) is 1. The van der Waals surface area contributed by atoms with Crippen molar-refractivity contribution in [1.29, 1.82) is 0 Å². The fraction of sp³-hybridized carbons (Fsp3) is 0.533. The van der Waals surface area contributed by atoms with Crippen LogP contribution in [0.2, 0.25) is 0 Å². The average molecular weight is 369 g/mol. The summed E-state index contributed by atoms with van der Waals surface area (Å²) in [4.78, 5) is 49.7. The van der Waals surface area contributed by atoms with Gasteiger partial charge in [0.2, 0.25) is 0 Å². The molecule has 0 radical (unpaired) electrons. The molecule has 2 N–H and O–H groups in total. The summed E-state index contributed by atoms with van der Waals surface area (Å²) >= 11 is 0. The summed E-state index contributed by atoms with van der Waals surface area (Å²) in [5, 5.41) is 0. The quantitative estimate of drug-likeness (QED) is 0.513. The van der Waals surface area contributed by atoms with Gasteiger partial charge in [0.15, 0.2) is 18.4 Å². The first kappa shape index (κ1) is 19.4. The first-order valence-corrected chi connectivity index (χ1v) is 7.67. The van der Waals surface area contributed by atoms with Gasteiger partial charge in [-0.3, -0.25) is 19.0 Å². The molecule has 0 saturated carbocycles. The first-order valence-electron chi connectivity index (χ1n) is 7.67. The van der Waals surface area contributed by atoms with Crippen molar-refractivity contribution in [2.24, 2.45) is 0 Å². The van der Waals surface area contributed by atoms with Crippen LogP contribution >= 0.6 is 0 Å². The Kier molecular flexibility index (Phi) is 5.93. The van der Waals surface area contributed by atoms with E-state index in [1.807, 2.05) is 0 Å². The van der Waals surface area contributed by atoms with Gasteiger partial charge < -0.3 is 24.7 Å². The second-order valence-electron chi connectivity index (χ2n) is 5.56. The van der Waals surface area contributed by atoms with Crippen molar-refractivity contribution in [3.63, 3.8) is 0 Å². The van der Waals surface area contributed by atoms with Gasteiger partial charge in [-0.1, -0.05) is 0 Å². The van der Waals surface area contributed by atoms with E-state index in [0.717, 1.165) is 18.4 Å². The lowest BCUT2D eigenvalue weighted by Gasteiger charge is -2.23. The molecule has 0 aliphatic carbocycles.